The van der Waals surface area contributed by atoms with E-state index in [1.807, 2.05) is 6.92 Å². The number of fused-ring (bicyclic) bond motifs is 1. The Labute approximate surface area is 124 Å². The summed E-state index contributed by atoms with van der Waals surface area (Å²) < 4.78 is 0. The van der Waals surface area contributed by atoms with Gasteiger partial charge in [-0.1, -0.05) is 24.3 Å². The number of rotatable bonds is 4. The van der Waals surface area contributed by atoms with Crippen LogP contribution in [-0.2, 0) is 12.8 Å². The van der Waals surface area contributed by atoms with Gasteiger partial charge in [0.2, 0.25) is 0 Å². The highest BCUT2D eigenvalue weighted by Crippen LogP contribution is 2.35. The van der Waals surface area contributed by atoms with Gasteiger partial charge in [-0.05, 0) is 37.3 Å². The van der Waals surface area contributed by atoms with Crippen molar-refractivity contribution in [3.8, 4) is 0 Å². The van der Waals surface area contributed by atoms with Crippen LogP contribution in [0.3, 0.4) is 0 Å². The number of hydrogen-bond donors (Lipinski definition) is 2. The molecule has 3 rings (SSSR count). The summed E-state index contributed by atoms with van der Waals surface area (Å²) in [6.45, 7) is 2.04. The van der Waals surface area contributed by atoms with Gasteiger partial charge in [0.1, 0.15) is 0 Å². The summed E-state index contributed by atoms with van der Waals surface area (Å²) in [7, 11) is 0. The molecule has 0 saturated carbocycles. The highest BCUT2D eigenvalue weighted by atomic mass is 32.1. The van der Waals surface area contributed by atoms with E-state index in [-0.39, 0.29) is 6.04 Å². The van der Waals surface area contributed by atoms with E-state index in [2.05, 4.69) is 40.1 Å². The first-order valence-corrected chi connectivity index (χ1v) is 8.11. The summed E-state index contributed by atoms with van der Waals surface area (Å²) in [4.78, 5) is 4.57. The van der Waals surface area contributed by atoms with E-state index < -0.39 is 0 Å². The van der Waals surface area contributed by atoms with Crippen molar-refractivity contribution in [1.29, 1.82) is 0 Å². The lowest BCUT2D eigenvalue weighted by Crippen LogP contribution is -2.42. The van der Waals surface area contributed by atoms with Crippen LogP contribution in [-0.4, -0.2) is 11.0 Å². The number of thiazole rings is 1. The van der Waals surface area contributed by atoms with Crippen molar-refractivity contribution in [1.82, 2.24) is 10.4 Å². The molecule has 4 heteroatoms. The van der Waals surface area contributed by atoms with Crippen LogP contribution >= 0.6 is 11.3 Å². The molecule has 1 aliphatic carbocycles. The van der Waals surface area contributed by atoms with Crippen molar-refractivity contribution in [2.75, 3.05) is 0 Å². The number of aryl methyl sites for hydroxylation is 2. The third-order valence-electron chi connectivity index (χ3n) is 4.18. The number of nitrogens with one attached hydrogen (secondary N) is 1. The maximum atomic E-state index is 5.84. The van der Waals surface area contributed by atoms with Gasteiger partial charge in [0.05, 0.1) is 5.01 Å². The minimum atomic E-state index is 0.266. The molecule has 1 aliphatic rings. The minimum absolute atomic E-state index is 0.266. The summed E-state index contributed by atoms with van der Waals surface area (Å²) in [6.07, 6.45) is 4.56. The predicted molar refractivity (Wildman–Crippen MR) is 83.8 cm³/mol. The fraction of sp³-hybridized carbons (Fsp3) is 0.438. The molecule has 2 unspecified atom stereocenters. The SMILES string of the molecule is Cc1csc(CC(NN)C2CCCc3ccccc32)n1. The van der Waals surface area contributed by atoms with Crippen molar-refractivity contribution in [3.63, 3.8) is 0 Å². The monoisotopic (exact) mass is 287 g/mol. The molecule has 0 saturated heterocycles. The fourth-order valence-corrected chi connectivity index (χ4v) is 4.04. The van der Waals surface area contributed by atoms with Gasteiger partial charge < -0.3 is 0 Å². The molecular formula is C16H21N3S. The summed E-state index contributed by atoms with van der Waals surface area (Å²) in [5.41, 5.74) is 7.09. The van der Waals surface area contributed by atoms with Crippen LogP contribution in [0.1, 0.15) is 40.6 Å². The number of nitrogens with zero attached hydrogens (tertiary/aromatic N) is 1. The molecule has 2 atom stereocenters. The van der Waals surface area contributed by atoms with Gasteiger partial charge >= 0.3 is 0 Å². The molecule has 1 aromatic heterocycles. The van der Waals surface area contributed by atoms with Crippen LogP contribution in [0, 0.1) is 6.92 Å². The van der Waals surface area contributed by atoms with Gasteiger partial charge in [-0.25, -0.2) is 4.98 Å². The molecule has 1 aromatic carbocycles. The van der Waals surface area contributed by atoms with E-state index >= 15 is 0 Å². The van der Waals surface area contributed by atoms with Crippen molar-refractivity contribution in [2.45, 2.75) is 44.6 Å². The van der Waals surface area contributed by atoms with E-state index in [1.165, 1.54) is 35.4 Å². The molecule has 0 amide bonds. The van der Waals surface area contributed by atoms with E-state index in [0.29, 0.717) is 5.92 Å². The van der Waals surface area contributed by atoms with Crippen LogP contribution < -0.4 is 11.3 Å². The van der Waals surface area contributed by atoms with Gasteiger partial charge in [-0.2, -0.15) is 0 Å². The number of nitrogens with two attached hydrogens (primary N) is 1. The maximum absolute atomic E-state index is 5.84. The lowest BCUT2D eigenvalue weighted by molar-refractivity contribution is 0.394. The molecule has 3 nitrogen and oxygen atoms in total. The number of hydrogen-bond acceptors (Lipinski definition) is 4. The lowest BCUT2D eigenvalue weighted by Gasteiger charge is -2.31. The Balaban J connectivity index is 1.83. The second-order valence-corrected chi connectivity index (χ2v) is 6.50. The molecular weight excluding hydrogens is 266 g/mol. The zero-order valence-electron chi connectivity index (χ0n) is 11.8. The summed E-state index contributed by atoms with van der Waals surface area (Å²) in [6, 6.07) is 9.05. The molecule has 1 heterocycles. The molecule has 0 radical (unpaired) electrons. The van der Waals surface area contributed by atoms with Gasteiger partial charge in [-0.15, -0.1) is 11.3 Å². The van der Waals surface area contributed by atoms with Crippen molar-refractivity contribution in [3.05, 3.63) is 51.5 Å². The second-order valence-electron chi connectivity index (χ2n) is 5.56. The van der Waals surface area contributed by atoms with Gasteiger partial charge in [0.25, 0.3) is 0 Å². The second kappa shape index (κ2) is 6.04. The Morgan fingerprint density at radius 2 is 2.30 bits per heavy atom. The summed E-state index contributed by atoms with van der Waals surface area (Å²) in [5, 5.41) is 3.28. The molecule has 0 bridgehead atoms. The molecule has 3 N–H and O–H groups in total. The fourth-order valence-electron chi connectivity index (χ4n) is 3.21. The van der Waals surface area contributed by atoms with Gasteiger partial charge in [0.15, 0.2) is 0 Å². The average Bonchev–Trinajstić information content (AvgIpc) is 2.89. The first kappa shape index (κ1) is 13.7. The Bertz CT molecular complexity index is 579. The zero-order chi connectivity index (χ0) is 13.9. The third kappa shape index (κ3) is 2.77. The largest absolute Gasteiger partial charge is 0.271 e. The minimum Gasteiger partial charge on any atom is -0.271 e. The standard InChI is InChI=1S/C16H21N3S/c1-11-10-20-16(18-11)9-15(19-17)14-8-4-6-12-5-2-3-7-13(12)14/h2-3,5,7,10,14-15,19H,4,6,8-9,17H2,1H3. The quantitative estimate of drug-likeness (QED) is 0.671. The van der Waals surface area contributed by atoms with E-state index in [4.69, 9.17) is 5.84 Å². The molecule has 0 spiro atoms. The molecule has 0 fully saturated rings. The summed E-state index contributed by atoms with van der Waals surface area (Å²) in [5.74, 6) is 6.34. The summed E-state index contributed by atoms with van der Waals surface area (Å²) >= 11 is 1.73. The topological polar surface area (TPSA) is 50.9 Å². The Morgan fingerprint density at radius 1 is 1.45 bits per heavy atom. The molecule has 106 valence electrons. The highest BCUT2D eigenvalue weighted by Gasteiger charge is 2.27. The van der Waals surface area contributed by atoms with Crippen molar-refractivity contribution in [2.24, 2.45) is 5.84 Å². The normalized spacial score (nSPS) is 19.6. The van der Waals surface area contributed by atoms with Crippen LogP contribution in [0.4, 0.5) is 0 Å². The molecule has 2 aromatic rings. The first-order chi connectivity index (χ1) is 9.78. The zero-order valence-corrected chi connectivity index (χ0v) is 12.6. The molecule has 0 aliphatic heterocycles. The lowest BCUT2D eigenvalue weighted by atomic mass is 9.78. The Kier molecular flexibility index (Phi) is 4.15. The van der Waals surface area contributed by atoms with Crippen LogP contribution in [0.2, 0.25) is 0 Å². The average molecular weight is 287 g/mol. The van der Waals surface area contributed by atoms with E-state index in [1.54, 1.807) is 11.3 Å². The Hall–Kier alpha value is -1.23. The number of hydrazine groups is 1. The van der Waals surface area contributed by atoms with Crippen LogP contribution in [0.25, 0.3) is 0 Å². The van der Waals surface area contributed by atoms with Crippen molar-refractivity contribution < 1.29 is 0 Å². The highest BCUT2D eigenvalue weighted by molar-refractivity contribution is 7.09. The maximum Gasteiger partial charge on any atom is 0.0944 e. The predicted octanol–water partition coefficient (Wildman–Crippen LogP) is 2.95. The number of benzene rings is 1. The van der Waals surface area contributed by atoms with Crippen LogP contribution in [0.5, 0.6) is 0 Å². The van der Waals surface area contributed by atoms with E-state index in [0.717, 1.165) is 12.1 Å². The van der Waals surface area contributed by atoms with Crippen molar-refractivity contribution >= 4 is 11.3 Å². The van der Waals surface area contributed by atoms with Crippen LogP contribution in [0.15, 0.2) is 29.6 Å². The Morgan fingerprint density at radius 3 is 3.05 bits per heavy atom. The van der Waals surface area contributed by atoms with Gasteiger partial charge in [0, 0.05) is 29.5 Å². The smallest absolute Gasteiger partial charge is 0.0944 e. The number of aromatic nitrogens is 1. The molecule has 20 heavy (non-hydrogen) atoms. The third-order valence-corrected chi connectivity index (χ3v) is 5.17. The van der Waals surface area contributed by atoms with E-state index in [9.17, 15) is 0 Å². The van der Waals surface area contributed by atoms with Gasteiger partial charge in [-0.3, -0.25) is 11.3 Å². The first-order valence-electron chi connectivity index (χ1n) is 7.23.